The van der Waals surface area contributed by atoms with Crippen LogP contribution in [0.4, 0.5) is 5.69 Å². The lowest BCUT2D eigenvalue weighted by Crippen LogP contribution is -3.13. The average molecular weight is 384 g/mol. The van der Waals surface area contributed by atoms with E-state index in [0.29, 0.717) is 35.7 Å². The van der Waals surface area contributed by atoms with Crippen LogP contribution in [0.25, 0.3) is 0 Å². The molecule has 5 nitrogen and oxygen atoms in total. The van der Waals surface area contributed by atoms with Gasteiger partial charge in [-0.3, -0.25) is 4.79 Å². The van der Waals surface area contributed by atoms with Crippen LogP contribution in [-0.2, 0) is 11.3 Å². The van der Waals surface area contributed by atoms with Crippen molar-refractivity contribution in [1.82, 2.24) is 0 Å². The quantitative estimate of drug-likeness (QED) is 0.700. The van der Waals surface area contributed by atoms with Gasteiger partial charge in [0.1, 0.15) is 18.0 Å². The SMILES string of the molecule is COc1ccc(OC)c(NC(=O)C[NH+](Cc2ccc(C(C)C)cc2)C2CC2)c1. The number of hydrogen-bond acceptors (Lipinski definition) is 3. The number of nitrogens with one attached hydrogen (secondary N) is 2. The molecule has 1 fully saturated rings. The van der Waals surface area contributed by atoms with Crippen molar-refractivity contribution in [2.45, 2.75) is 45.2 Å². The molecule has 3 rings (SSSR count). The fourth-order valence-electron chi connectivity index (χ4n) is 3.44. The molecule has 150 valence electrons. The summed E-state index contributed by atoms with van der Waals surface area (Å²) in [5, 5.41) is 2.99. The molecule has 0 radical (unpaired) electrons. The maximum atomic E-state index is 12.7. The molecule has 1 aliphatic carbocycles. The Morgan fingerprint density at radius 2 is 1.82 bits per heavy atom. The van der Waals surface area contributed by atoms with E-state index in [0.717, 1.165) is 6.54 Å². The summed E-state index contributed by atoms with van der Waals surface area (Å²) in [5.41, 5.74) is 3.26. The van der Waals surface area contributed by atoms with Gasteiger partial charge in [-0.2, -0.15) is 0 Å². The standard InChI is InChI=1S/C23H30N2O3/c1-16(2)18-7-5-17(6-8-18)14-25(19-9-10-19)15-23(26)24-21-13-20(27-3)11-12-22(21)28-4/h5-8,11-13,16,19H,9-10,14-15H2,1-4H3,(H,24,26)/p+1. The first-order chi connectivity index (χ1) is 13.5. The number of methoxy groups -OCH3 is 2. The molecule has 28 heavy (non-hydrogen) atoms. The topological polar surface area (TPSA) is 52.0 Å². The van der Waals surface area contributed by atoms with Crippen LogP contribution in [-0.4, -0.2) is 32.7 Å². The van der Waals surface area contributed by atoms with Gasteiger partial charge < -0.3 is 19.7 Å². The second-order valence-electron chi connectivity index (χ2n) is 7.80. The summed E-state index contributed by atoms with van der Waals surface area (Å²) in [7, 11) is 3.21. The molecule has 0 spiro atoms. The van der Waals surface area contributed by atoms with E-state index in [9.17, 15) is 4.79 Å². The fraction of sp³-hybridized carbons (Fsp3) is 0.435. The molecular formula is C23H31N2O3+. The number of quaternary nitrogens is 1. The minimum Gasteiger partial charge on any atom is -0.497 e. The summed E-state index contributed by atoms with van der Waals surface area (Å²) >= 11 is 0. The van der Waals surface area contributed by atoms with Crippen LogP contribution in [0.3, 0.4) is 0 Å². The number of ether oxygens (including phenoxy) is 2. The lowest BCUT2D eigenvalue weighted by molar-refractivity contribution is -0.916. The first kappa shape index (κ1) is 20.2. The van der Waals surface area contributed by atoms with Gasteiger partial charge in [-0.25, -0.2) is 0 Å². The third-order valence-electron chi connectivity index (χ3n) is 5.30. The van der Waals surface area contributed by atoms with E-state index in [-0.39, 0.29) is 5.91 Å². The highest BCUT2D eigenvalue weighted by atomic mass is 16.5. The van der Waals surface area contributed by atoms with E-state index < -0.39 is 0 Å². The van der Waals surface area contributed by atoms with Crippen molar-refractivity contribution < 1.29 is 19.2 Å². The van der Waals surface area contributed by atoms with Gasteiger partial charge in [-0.15, -0.1) is 0 Å². The molecule has 0 heterocycles. The van der Waals surface area contributed by atoms with Crippen LogP contribution in [0.2, 0.25) is 0 Å². The molecule has 2 aromatic rings. The van der Waals surface area contributed by atoms with E-state index in [1.165, 1.54) is 28.9 Å². The molecule has 0 aliphatic heterocycles. The zero-order valence-electron chi connectivity index (χ0n) is 17.2. The van der Waals surface area contributed by atoms with Gasteiger partial charge in [0.25, 0.3) is 5.91 Å². The van der Waals surface area contributed by atoms with Crippen LogP contribution in [0.15, 0.2) is 42.5 Å². The van der Waals surface area contributed by atoms with Gasteiger partial charge >= 0.3 is 0 Å². The summed E-state index contributed by atoms with van der Waals surface area (Å²) in [6, 6.07) is 14.8. The molecule has 1 atom stereocenters. The van der Waals surface area contributed by atoms with Crippen molar-refractivity contribution in [3.8, 4) is 11.5 Å². The number of carbonyl (C=O) groups excluding carboxylic acids is 1. The Bertz CT molecular complexity index is 798. The Morgan fingerprint density at radius 1 is 1.11 bits per heavy atom. The average Bonchev–Trinajstić information content (AvgIpc) is 3.53. The second kappa shape index (κ2) is 9.11. The van der Waals surface area contributed by atoms with E-state index in [2.05, 4.69) is 43.4 Å². The predicted molar refractivity (Wildman–Crippen MR) is 111 cm³/mol. The minimum atomic E-state index is -0.00717. The van der Waals surface area contributed by atoms with Gasteiger partial charge in [-0.1, -0.05) is 38.1 Å². The smallest absolute Gasteiger partial charge is 0.279 e. The zero-order valence-corrected chi connectivity index (χ0v) is 17.2. The van der Waals surface area contributed by atoms with E-state index in [1.54, 1.807) is 26.4 Å². The van der Waals surface area contributed by atoms with Crippen molar-refractivity contribution in [1.29, 1.82) is 0 Å². The van der Waals surface area contributed by atoms with E-state index in [1.807, 2.05) is 6.07 Å². The van der Waals surface area contributed by atoms with Crippen LogP contribution < -0.4 is 19.7 Å². The summed E-state index contributed by atoms with van der Waals surface area (Å²) in [5.74, 6) is 1.84. The van der Waals surface area contributed by atoms with Crippen LogP contribution >= 0.6 is 0 Å². The maximum Gasteiger partial charge on any atom is 0.279 e. The maximum absolute atomic E-state index is 12.7. The molecule has 0 saturated heterocycles. The number of amides is 1. The first-order valence-corrected chi connectivity index (χ1v) is 9.95. The van der Waals surface area contributed by atoms with Crippen LogP contribution in [0, 0.1) is 0 Å². The third-order valence-corrected chi connectivity index (χ3v) is 5.30. The van der Waals surface area contributed by atoms with Crippen molar-refractivity contribution in [2.75, 3.05) is 26.1 Å². The lowest BCUT2D eigenvalue weighted by atomic mass is 10.0. The molecular weight excluding hydrogens is 352 g/mol. The van der Waals surface area contributed by atoms with Gasteiger partial charge in [0.2, 0.25) is 0 Å². The van der Waals surface area contributed by atoms with Crippen molar-refractivity contribution >= 4 is 11.6 Å². The number of carbonyl (C=O) groups is 1. The van der Waals surface area contributed by atoms with Crippen LogP contribution in [0.1, 0.15) is 43.7 Å². The highest BCUT2D eigenvalue weighted by Gasteiger charge is 2.34. The van der Waals surface area contributed by atoms with Gasteiger partial charge in [0.05, 0.1) is 25.9 Å². The van der Waals surface area contributed by atoms with Crippen molar-refractivity contribution in [2.24, 2.45) is 0 Å². The van der Waals surface area contributed by atoms with Gasteiger partial charge in [-0.05, 0) is 23.6 Å². The van der Waals surface area contributed by atoms with Gasteiger partial charge in [0, 0.05) is 24.5 Å². The molecule has 1 amide bonds. The summed E-state index contributed by atoms with van der Waals surface area (Å²) in [6.07, 6.45) is 2.38. The summed E-state index contributed by atoms with van der Waals surface area (Å²) < 4.78 is 10.6. The Labute approximate surface area is 167 Å². The highest BCUT2D eigenvalue weighted by molar-refractivity contribution is 5.93. The second-order valence-corrected chi connectivity index (χ2v) is 7.80. The molecule has 1 saturated carbocycles. The Balaban J connectivity index is 1.65. The molecule has 0 aromatic heterocycles. The number of hydrogen-bond donors (Lipinski definition) is 2. The number of benzene rings is 2. The lowest BCUT2D eigenvalue weighted by Gasteiger charge is -2.20. The summed E-state index contributed by atoms with van der Waals surface area (Å²) in [4.78, 5) is 14.0. The monoisotopic (exact) mass is 383 g/mol. The largest absolute Gasteiger partial charge is 0.497 e. The first-order valence-electron chi connectivity index (χ1n) is 9.95. The molecule has 5 heteroatoms. The van der Waals surface area contributed by atoms with E-state index in [4.69, 9.17) is 9.47 Å². The van der Waals surface area contributed by atoms with Crippen molar-refractivity contribution in [3.05, 3.63) is 53.6 Å². The highest BCUT2D eigenvalue weighted by Crippen LogP contribution is 2.28. The van der Waals surface area contributed by atoms with Gasteiger partial charge in [0.15, 0.2) is 6.54 Å². The van der Waals surface area contributed by atoms with Crippen molar-refractivity contribution in [3.63, 3.8) is 0 Å². The Kier molecular flexibility index (Phi) is 6.57. The van der Waals surface area contributed by atoms with Crippen LogP contribution in [0.5, 0.6) is 11.5 Å². The Hall–Kier alpha value is -2.53. The normalized spacial score (nSPS) is 14.6. The molecule has 2 aromatic carbocycles. The minimum absolute atomic E-state index is 0.00717. The molecule has 1 aliphatic rings. The summed E-state index contributed by atoms with van der Waals surface area (Å²) in [6.45, 7) is 5.71. The molecule has 1 unspecified atom stereocenters. The number of anilines is 1. The third kappa shape index (κ3) is 5.26. The molecule has 0 bridgehead atoms. The zero-order chi connectivity index (χ0) is 20.1. The Morgan fingerprint density at radius 3 is 2.39 bits per heavy atom. The molecule has 2 N–H and O–H groups in total. The fourth-order valence-corrected chi connectivity index (χ4v) is 3.44. The van der Waals surface area contributed by atoms with E-state index >= 15 is 0 Å². The number of rotatable bonds is 9. The predicted octanol–water partition coefficient (Wildman–Crippen LogP) is 3.01.